The Hall–Kier alpha value is -1.24. The molecular formula is C14H19ClN4OS. The van der Waals surface area contributed by atoms with E-state index in [1.165, 1.54) is 0 Å². The van der Waals surface area contributed by atoms with Crippen molar-refractivity contribution >= 4 is 38.5 Å². The lowest BCUT2D eigenvalue weighted by atomic mass is 10.1. The number of hydrogen-bond donors (Lipinski definition) is 1. The summed E-state index contributed by atoms with van der Waals surface area (Å²) >= 11 is 6.15. The van der Waals surface area contributed by atoms with Crippen molar-refractivity contribution in [2.75, 3.05) is 24.7 Å². The van der Waals surface area contributed by atoms with E-state index in [1.54, 1.807) is 18.8 Å². The normalized spacial score (nSPS) is 20.5. The summed E-state index contributed by atoms with van der Waals surface area (Å²) < 4.78 is 15.9. The number of fused-ring (bicyclic) bond motifs is 1. The van der Waals surface area contributed by atoms with Gasteiger partial charge in [-0.1, -0.05) is 11.6 Å². The second kappa shape index (κ2) is 5.51. The number of imidazole rings is 1. The van der Waals surface area contributed by atoms with Crippen molar-refractivity contribution in [3.05, 3.63) is 29.7 Å². The van der Waals surface area contributed by atoms with Gasteiger partial charge in [0.25, 0.3) is 0 Å². The number of anilines is 1. The average molecular weight is 327 g/mol. The van der Waals surface area contributed by atoms with Crippen molar-refractivity contribution in [2.45, 2.75) is 18.9 Å². The van der Waals surface area contributed by atoms with E-state index in [0.29, 0.717) is 11.1 Å². The zero-order valence-electron chi connectivity index (χ0n) is 12.0. The Kier molecular flexibility index (Phi) is 3.86. The highest BCUT2D eigenvalue weighted by Gasteiger charge is 2.22. The van der Waals surface area contributed by atoms with Crippen LogP contribution in [-0.2, 0) is 9.71 Å². The summed E-state index contributed by atoms with van der Waals surface area (Å²) in [5, 5.41) is 4.21. The molecule has 0 aromatic carbocycles. The van der Waals surface area contributed by atoms with E-state index in [1.807, 2.05) is 20.8 Å². The Morgan fingerprint density at radius 1 is 1.43 bits per heavy atom. The fraction of sp³-hybridized carbons (Fsp3) is 0.429. The van der Waals surface area contributed by atoms with E-state index in [0.717, 1.165) is 37.3 Å². The molecule has 0 saturated carbocycles. The van der Waals surface area contributed by atoms with Gasteiger partial charge < -0.3 is 5.32 Å². The van der Waals surface area contributed by atoms with Crippen LogP contribution < -0.4 is 5.32 Å². The van der Waals surface area contributed by atoms with Gasteiger partial charge in [-0.05, 0) is 30.8 Å². The van der Waals surface area contributed by atoms with Gasteiger partial charge in [-0.25, -0.2) is 9.29 Å². The molecule has 7 heteroatoms. The summed E-state index contributed by atoms with van der Waals surface area (Å²) in [6, 6.07) is 4.14. The van der Waals surface area contributed by atoms with Gasteiger partial charge in [0.2, 0.25) is 0 Å². The Labute approximate surface area is 130 Å². The van der Waals surface area contributed by atoms with Crippen molar-refractivity contribution in [2.24, 2.45) is 0 Å². The van der Waals surface area contributed by atoms with Crippen LogP contribution in [0.4, 0.5) is 5.82 Å². The molecule has 2 aromatic rings. The lowest BCUT2D eigenvalue weighted by Crippen LogP contribution is -2.41. The monoisotopic (exact) mass is 326 g/mol. The summed E-state index contributed by atoms with van der Waals surface area (Å²) in [5.41, 5.74) is 0.969. The molecule has 1 aliphatic rings. The maximum atomic E-state index is 12.0. The van der Waals surface area contributed by atoms with Crippen LogP contribution in [0.5, 0.6) is 0 Å². The van der Waals surface area contributed by atoms with Crippen molar-refractivity contribution < 1.29 is 4.21 Å². The van der Waals surface area contributed by atoms with E-state index in [4.69, 9.17) is 11.6 Å². The largest absolute Gasteiger partial charge is 0.368 e. The molecule has 5 nitrogen and oxygen atoms in total. The van der Waals surface area contributed by atoms with E-state index < -0.39 is 9.71 Å². The van der Waals surface area contributed by atoms with Crippen molar-refractivity contribution in [1.29, 1.82) is 0 Å². The summed E-state index contributed by atoms with van der Waals surface area (Å²) in [5.74, 6) is 4.70. The van der Waals surface area contributed by atoms with E-state index in [2.05, 4.69) is 16.2 Å². The van der Waals surface area contributed by atoms with Gasteiger partial charge in [0.05, 0.1) is 11.7 Å². The van der Waals surface area contributed by atoms with Crippen molar-refractivity contribution in [3.8, 4) is 0 Å². The van der Waals surface area contributed by atoms with E-state index in [9.17, 15) is 4.21 Å². The van der Waals surface area contributed by atoms with Crippen LogP contribution in [0.15, 0.2) is 24.7 Å². The molecule has 114 valence electrons. The van der Waals surface area contributed by atoms with Gasteiger partial charge in [0.1, 0.15) is 12.1 Å². The lowest BCUT2D eigenvalue weighted by molar-refractivity contribution is 0.345. The summed E-state index contributed by atoms with van der Waals surface area (Å²) in [6.45, 7) is 1.59. The highest BCUT2D eigenvalue weighted by molar-refractivity contribution is 7.97. The van der Waals surface area contributed by atoms with Gasteiger partial charge >= 0.3 is 0 Å². The topological polar surface area (TPSA) is 49.6 Å². The average Bonchev–Trinajstić information content (AvgIpc) is 2.86. The second-order valence-corrected chi connectivity index (χ2v) is 8.43. The zero-order valence-corrected chi connectivity index (χ0v) is 13.5. The van der Waals surface area contributed by atoms with Crippen LogP contribution in [0.25, 0.3) is 5.52 Å². The van der Waals surface area contributed by atoms with Crippen LogP contribution in [0.2, 0.25) is 5.02 Å². The summed E-state index contributed by atoms with van der Waals surface area (Å²) in [6.07, 6.45) is 7.13. The Bertz CT molecular complexity index is 747. The minimum atomic E-state index is -2.09. The molecule has 1 N–H and O–H groups in total. The first-order valence-electron chi connectivity index (χ1n) is 6.89. The van der Waals surface area contributed by atoms with Gasteiger partial charge in [-0.15, -0.1) is 0 Å². The summed E-state index contributed by atoms with van der Waals surface area (Å²) in [4.78, 5) is 4.15. The maximum Gasteiger partial charge on any atom is 0.113 e. The highest BCUT2D eigenvalue weighted by Crippen LogP contribution is 2.23. The molecule has 0 amide bonds. The number of pyridine rings is 1. The van der Waals surface area contributed by atoms with Gasteiger partial charge in [0, 0.05) is 40.1 Å². The number of nitrogens with one attached hydrogen (secondary N) is 1. The van der Waals surface area contributed by atoms with E-state index in [-0.39, 0.29) is 0 Å². The third-order valence-corrected chi connectivity index (χ3v) is 5.51. The SMILES string of the molecule is C=S(C)(=O)N1CCC(Nc2cc(Cl)cc3cncn23)CC1. The van der Waals surface area contributed by atoms with Crippen LogP contribution in [0.3, 0.4) is 0 Å². The number of piperidine rings is 1. The number of halogens is 1. The molecule has 1 atom stereocenters. The first-order chi connectivity index (χ1) is 9.93. The molecule has 21 heavy (non-hydrogen) atoms. The molecule has 1 fully saturated rings. The molecule has 1 saturated heterocycles. The number of rotatable bonds is 3. The number of nitrogens with zero attached hydrogens (tertiary/aromatic N) is 3. The molecule has 0 spiro atoms. The Morgan fingerprint density at radius 2 is 2.14 bits per heavy atom. The first-order valence-corrected chi connectivity index (χ1v) is 9.36. The molecule has 1 unspecified atom stereocenters. The molecule has 1 aliphatic heterocycles. The first kappa shape index (κ1) is 14.7. The highest BCUT2D eigenvalue weighted by atomic mass is 35.5. The predicted molar refractivity (Wildman–Crippen MR) is 89.6 cm³/mol. The zero-order chi connectivity index (χ0) is 15.0. The Morgan fingerprint density at radius 3 is 2.81 bits per heavy atom. The van der Waals surface area contributed by atoms with Crippen LogP contribution in [0.1, 0.15) is 12.8 Å². The van der Waals surface area contributed by atoms with Crippen LogP contribution >= 0.6 is 11.6 Å². The molecule has 0 bridgehead atoms. The summed E-state index contributed by atoms with van der Waals surface area (Å²) in [7, 11) is -2.09. The fourth-order valence-corrected chi connectivity index (χ4v) is 3.90. The fourth-order valence-electron chi connectivity index (χ4n) is 2.70. The molecular weight excluding hydrogens is 308 g/mol. The lowest BCUT2D eigenvalue weighted by Gasteiger charge is -2.33. The molecule has 3 rings (SSSR count). The third kappa shape index (κ3) is 3.17. The molecule has 2 aromatic heterocycles. The maximum absolute atomic E-state index is 12.0. The number of hydrogen-bond acceptors (Lipinski definition) is 3. The standard InChI is InChI=1S/C14H19ClN4OS/c1-21(2,20)18-5-3-12(4-6-18)17-14-8-11(15)7-13-9-16-10-19(13)14/h7-10,12,17H,1,3-6H2,2H3. The Balaban J connectivity index is 1.74. The van der Waals surface area contributed by atoms with Gasteiger partial charge in [-0.2, -0.15) is 0 Å². The predicted octanol–water partition coefficient (Wildman–Crippen LogP) is 2.13. The molecule has 0 aliphatic carbocycles. The van der Waals surface area contributed by atoms with Gasteiger partial charge in [0.15, 0.2) is 0 Å². The molecule has 0 radical (unpaired) electrons. The van der Waals surface area contributed by atoms with Crippen LogP contribution in [-0.4, -0.2) is 49.2 Å². The minimum Gasteiger partial charge on any atom is -0.368 e. The minimum absolute atomic E-state index is 0.340. The third-order valence-electron chi connectivity index (χ3n) is 3.84. The van der Waals surface area contributed by atoms with Crippen LogP contribution in [0, 0.1) is 0 Å². The van der Waals surface area contributed by atoms with Crippen molar-refractivity contribution in [1.82, 2.24) is 13.7 Å². The van der Waals surface area contributed by atoms with Crippen molar-refractivity contribution in [3.63, 3.8) is 0 Å². The molecule has 3 heterocycles. The quantitative estimate of drug-likeness (QED) is 0.879. The smallest absolute Gasteiger partial charge is 0.113 e. The second-order valence-electron chi connectivity index (χ2n) is 5.55. The number of aromatic nitrogens is 2. The van der Waals surface area contributed by atoms with E-state index >= 15 is 0 Å². The van der Waals surface area contributed by atoms with Gasteiger partial charge in [-0.3, -0.25) is 8.61 Å².